The second-order valence-corrected chi connectivity index (χ2v) is 8.75. The highest BCUT2D eigenvalue weighted by Gasteiger charge is 2.35. The third-order valence-corrected chi connectivity index (χ3v) is 5.96. The smallest absolute Gasteiger partial charge is 0.238 e. The van der Waals surface area contributed by atoms with Crippen LogP contribution in [0.25, 0.3) is 0 Å². The fraction of sp³-hybridized carbons (Fsp3) is 0.300. The lowest BCUT2D eigenvalue weighted by atomic mass is 10.1. The number of hydrogen-bond donors (Lipinski definition) is 2. The van der Waals surface area contributed by atoms with Gasteiger partial charge in [0.05, 0.1) is 10.8 Å². The Labute approximate surface area is 164 Å². The fourth-order valence-electron chi connectivity index (χ4n) is 3.21. The van der Waals surface area contributed by atoms with Crippen LogP contribution in [0.1, 0.15) is 23.1 Å². The molecule has 0 aromatic heterocycles. The minimum absolute atomic E-state index is 0.0605. The van der Waals surface area contributed by atoms with Gasteiger partial charge in [0.1, 0.15) is 0 Å². The van der Waals surface area contributed by atoms with Crippen molar-refractivity contribution in [2.24, 2.45) is 11.1 Å². The molecule has 3 N–H and O–H groups in total. The van der Waals surface area contributed by atoms with Gasteiger partial charge in [-0.1, -0.05) is 17.7 Å². The van der Waals surface area contributed by atoms with E-state index in [4.69, 9.17) is 5.14 Å². The van der Waals surface area contributed by atoms with E-state index < -0.39 is 15.9 Å². The lowest BCUT2D eigenvalue weighted by Crippen LogP contribution is -2.28. The standard InChI is InChI=1S/C20H23N3O4S/c1-12-4-6-16(7-5-12)23-11-15(9-19(23)24)20(25)22-18-10-17(28(21,26)27)8-13(2)14(18)3/h4-8,10,15H,9,11H2,1-3H3,(H,22,25)(H2,21,26,27)/t15-/m1/s1. The van der Waals surface area contributed by atoms with Gasteiger partial charge in [-0.25, -0.2) is 13.6 Å². The van der Waals surface area contributed by atoms with E-state index in [9.17, 15) is 18.0 Å². The Morgan fingerprint density at radius 3 is 2.39 bits per heavy atom. The zero-order valence-electron chi connectivity index (χ0n) is 16.0. The monoisotopic (exact) mass is 401 g/mol. The third kappa shape index (κ3) is 4.07. The fourth-order valence-corrected chi connectivity index (χ4v) is 3.84. The molecule has 0 spiro atoms. The zero-order chi connectivity index (χ0) is 20.6. The lowest BCUT2D eigenvalue weighted by molar-refractivity contribution is -0.122. The highest BCUT2D eigenvalue weighted by atomic mass is 32.2. The normalized spacial score (nSPS) is 17.1. The number of sulfonamides is 1. The first-order chi connectivity index (χ1) is 13.1. The van der Waals surface area contributed by atoms with Crippen LogP contribution in [0.3, 0.4) is 0 Å². The summed E-state index contributed by atoms with van der Waals surface area (Å²) >= 11 is 0. The van der Waals surface area contributed by atoms with Crippen molar-refractivity contribution in [2.45, 2.75) is 32.1 Å². The Kier molecular flexibility index (Phi) is 5.27. The van der Waals surface area contributed by atoms with Crippen LogP contribution in [0.15, 0.2) is 41.3 Å². The van der Waals surface area contributed by atoms with Gasteiger partial charge in [-0.3, -0.25) is 9.59 Å². The molecule has 28 heavy (non-hydrogen) atoms. The van der Waals surface area contributed by atoms with Crippen molar-refractivity contribution < 1.29 is 18.0 Å². The molecule has 1 saturated heterocycles. The Morgan fingerprint density at radius 1 is 1.14 bits per heavy atom. The van der Waals surface area contributed by atoms with Crippen molar-refractivity contribution in [1.29, 1.82) is 0 Å². The molecular weight excluding hydrogens is 378 g/mol. The summed E-state index contributed by atoms with van der Waals surface area (Å²) in [6, 6.07) is 10.4. The lowest BCUT2D eigenvalue weighted by Gasteiger charge is -2.18. The van der Waals surface area contributed by atoms with Crippen LogP contribution >= 0.6 is 0 Å². The summed E-state index contributed by atoms with van der Waals surface area (Å²) < 4.78 is 23.3. The number of amides is 2. The van der Waals surface area contributed by atoms with Gasteiger partial charge in [0.25, 0.3) is 0 Å². The predicted molar refractivity (Wildman–Crippen MR) is 108 cm³/mol. The molecule has 2 amide bonds. The van der Waals surface area contributed by atoms with E-state index in [0.29, 0.717) is 11.3 Å². The van der Waals surface area contributed by atoms with Crippen LogP contribution in [-0.4, -0.2) is 26.8 Å². The summed E-state index contributed by atoms with van der Waals surface area (Å²) in [5.74, 6) is -0.959. The van der Waals surface area contributed by atoms with Crippen molar-refractivity contribution in [3.8, 4) is 0 Å². The van der Waals surface area contributed by atoms with Gasteiger partial charge in [-0.2, -0.15) is 0 Å². The summed E-state index contributed by atoms with van der Waals surface area (Å²) in [6.07, 6.45) is 0.104. The van der Waals surface area contributed by atoms with Crippen molar-refractivity contribution in [3.63, 3.8) is 0 Å². The number of anilines is 2. The molecule has 2 aromatic carbocycles. The van der Waals surface area contributed by atoms with Crippen molar-refractivity contribution in [1.82, 2.24) is 0 Å². The molecule has 1 atom stereocenters. The maximum atomic E-state index is 12.7. The van der Waals surface area contributed by atoms with Crippen molar-refractivity contribution in [3.05, 3.63) is 53.1 Å². The van der Waals surface area contributed by atoms with Gasteiger partial charge < -0.3 is 10.2 Å². The van der Waals surface area contributed by atoms with Gasteiger partial charge >= 0.3 is 0 Å². The van der Waals surface area contributed by atoms with E-state index in [1.54, 1.807) is 18.7 Å². The van der Waals surface area contributed by atoms with Crippen LogP contribution in [0, 0.1) is 26.7 Å². The van der Waals surface area contributed by atoms with Crippen molar-refractivity contribution in [2.75, 3.05) is 16.8 Å². The molecule has 1 aliphatic heterocycles. The first kappa shape index (κ1) is 20.0. The highest BCUT2D eigenvalue weighted by Crippen LogP contribution is 2.28. The summed E-state index contributed by atoms with van der Waals surface area (Å²) in [5, 5.41) is 7.99. The molecule has 8 heteroatoms. The second kappa shape index (κ2) is 7.37. The van der Waals surface area contributed by atoms with Gasteiger partial charge in [0.2, 0.25) is 21.8 Å². The number of hydrogen-bond acceptors (Lipinski definition) is 4. The summed E-state index contributed by atoms with van der Waals surface area (Å²) in [4.78, 5) is 26.7. The maximum Gasteiger partial charge on any atom is 0.238 e. The van der Waals surface area contributed by atoms with E-state index in [1.165, 1.54) is 12.1 Å². The Balaban J connectivity index is 1.80. The molecule has 1 fully saturated rings. The van der Waals surface area contributed by atoms with Gasteiger partial charge in [-0.05, 0) is 56.2 Å². The number of nitrogens with one attached hydrogen (secondary N) is 1. The van der Waals surface area contributed by atoms with E-state index in [1.807, 2.05) is 31.2 Å². The molecule has 2 aromatic rings. The largest absolute Gasteiger partial charge is 0.325 e. The minimum Gasteiger partial charge on any atom is -0.325 e. The first-order valence-corrected chi connectivity index (χ1v) is 10.4. The molecular formula is C20H23N3O4S. The number of carbonyl (C=O) groups excluding carboxylic acids is 2. The van der Waals surface area contributed by atoms with Crippen LogP contribution in [0.4, 0.5) is 11.4 Å². The van der Waals surface area contributed by atoms with E-state index >= 15 is 0 Å². The van der Waals surface area contributed by atoms with Crippen LogP contribution in [0.5, 0.6) is 0 Å². The quantitative estimate of drug-likeness (QED) is 0.819. The maximum absolute atomic E-state index is 12.7. The van der Waals surface area contributed by atoms with Crippen LogP contribution < -0.4 is 15.4 Å². The average Bonchev–Trinajstić information content (AvgIpc) is 3.00. The first-order valence-electron chi connectivity index (χ1n) is 8.88. The third-order valence-electron chi connectivity index (χ3n) is 5.07. The number of primary sulfonamides is 1. The molecule has 1 heterocycles. The number of benzene rings is 2. The van der Waals surface area contributed by atoms with E-state index in [-0.39, 0.29) is 29.7 Å². The average molecular weight is 401 g/mol. The van der Waals surface area contributed by atoms with Crippen molar-refractivity contribution >= 4 is 33.2 Å². The molecule has 0 saturated carbocycles. The number of carbonyl (C=O) groups is 2. The number of nitrogens with two attached hydrogens (primary N) is 1. The Hall–Kier alpha value is -2.71. The molecule has 3 rings (SSSR count). The predicted octanol–water partition coefficient (Wildman–Crippen LogP) is 2.25. The topological polar surface area (TPSA) is 110 Å². The van der Waals surface area contributed by atoms with Gasteiger partial charge in [0.15, 0.2) is 0 Å². The number of aryl methyl sites for hydroxylation is 2. The SMILES string of the molecule is Cc1ccc(N2C[C@H](C(=O)Nc3cc(S(N)(=O)=O)cc(C)c3C)CC2=O)cc1. The van der Waals surface area contributed by atoms with Gasteiger partial charge in [-0.15, -0.1) is 0 Å². The Bertz CT molecular complexity index is 1050. The van der Waals surface area contributed by atoms with E-state index in [2.05, 4.69) is 5.32 Å². The molecule has 0 aliphatic carbocycles. The summed E-state index contributed by atoms with van der Waals surface area (Å²) in [5.41, 5.74) is 3.68. The zero-order valence-corrected chi connectivity index (χ0v) is 16.8. The van der Waals surface area contributed by atoms with Gasteiger partial charge in [0, 0.05) is 24.3 Å². The molecule has 0 bridgehead atoms. The summed E-state index contributed by atoms with van der Waals surface area (Å²) in [7, 11) is -3.89. The molecule has 148 valence electrons. The number of nitrogens with zero attached hydrogens (tertiary/aromatic N) is 1. The second-order valence-electron chi connectivity index (χ2n) is 7.19. The molecule has 7 nitrogen and oxygen atoms in total. The molecule has 0 radical (unpaired) electrons. The van der Waals surface area contributed by atoms with E-state index in [0.717, 1.165) is 16.8 Å². The van der Waals surface area contributed by atoms with Crippen LogP contribution in [-0.2, 0) is 19.6 Å². The van der Waals surface area contributed by atoms with Crippen LogP contribution in [0.2, 0.25) is 0 Å². The summed E-state index contributed by atoms with van der Waals surface area (Å²) in [6.45, 7) is 5.78. The highest BCUT2D eigenvalue weighted by molar-refractivity contribution is 7.89. The number of rotatable bonds is 4. The minimum atomic E-state index is -3.89. The molecule has 0 unspecified atom stereocenters. The molecule has 1 aliphatic rings. The Morgan fingerprint density at radius 2 is 1.79 bits per heavy atom.